The third-order valence-electron chi connectivity index (χ3n) is 4.74. The van der Waals surface area contributed by atoms with Gasteiger partial charge in [0.25, 0.3) is 5.91 Å². The van der Waals surface area contributed by atoms with Crippen LogP contribution in [0.5, 0.6) is 5.75 Å². The van der Waals surface area contributed by atoms with E-state index in [2.05, 4.69) is 15.9 Å². The number of ether oxygens (including phenoxy) is 1. The summed E-state index contributed by atoms with van der Waals surface area (Å²) in [5.41, 5.74) is 0.437. The van der Waals surface area contributed by atoms with Gasteiger partial charge in [0.1, 0.15) is 0 Å². The lowest BCUT2D eigenvalue weighted by Gasteiger charge is -2.34. The maximum atomic E-state index is 13.8. The number of hydrogen-bond acceptors (Lipinski definition) is 5. The maximum absolute atomic E-state index is 13.8. The van der Waals surface area contributed by atoms with Crippen LogP contribution in [0.4, 0.5) is 4.39 Å². The number of carbonyl (C=O) groups is 2. The van der Waals surface area contributed by atoms with Crippen LogP contribution in [-0.4, -0.2) is 62.1 Å². The number of rotatable bonds is 6. The van der Waals surface area contributed by atoms with Crippen LogP contribution in [0.3, 0.4) is 0 Å². The molecule has 0 N–H and O–H groups in total. The maximum Gasteiger partial charge on any atom is 0.260 e. The molecule has 0 saturated carbocycles. The summed E-state index contributed by atoms with van der Waals surface area (Å²) in [6, 6.07) is 10.0. The first-order chi connectivity index (χ1) is 14.2. The first-order valence-electron chi connectivity index (χ1n) is 9.15. The van der Waals surface area contributed by atoms with E-state index in [1.807, 2.05) is 0 Å². The Kier molecular flexibility index (Phi) is 6.89. The number of hydrogen-bond donors (Lipinski definition) is 0. The van der Waals surface area contributed by atoms with Crippen LogP contribution >= 0.6 is 15.9 Å². The molecule has 160 valence electrons. The Balaban J connectivity index is 1.56. The van der Waals surface area contributed by atoms with Crippen molar-refractivity contribution < 1.29 is 27.1 Å². The lowest BCUT2D eigenvalue weighted by Crippen LogP contribution is -2.51. The molecule has 1 amide bonds. The van der Waals surface area contributed by atoms with Crippen molar-refractivity contribution in [2.75, 3.05) is 32.8 Å². The number of sulfonamides is 1. The molecule has 1 aliphatic rings. The third-order valence-corrected chi connectivity index (χ3v) is 7.14. The van der Waals surface area contributed by atoms with E-state index in [1.165, 1.54) is 52.5 Å². The average Bonchev–Trinajstić information content (AvgIpc) is 2.73. The second-order valence-corrected chi connectivity index (χ2v) is 9.58. The van der Waals surface area contributed by atoms with Gasteiger partial charge in [-0.2, -0.15) is 4.31 Å². The first-order valence-corrected chi connectivity index (χ1v) is 11.4. The molecule has 10 heteroatoms. The normalized spacial score (nSPS) is 15.1. The van der Waals surface area contributed by atoms with Crippen molar-refractivity contribution in [2.24, 2.45) is 0 Å². The van der Waals surface area contributed by atoms with Crippen LogP contribution in [-0.2, 0) is 14.8 Å². The van der Waals surface area contributed by atoms with Crippen molar-refractivity contribution in [1.82, 2.24) is 9.21 Å². The van der Waals surface area contributed by atoms with E-state index in [0.29, 0.717) is 10.0 Å². The minimum absolute atomic E-state index is 0.0261. The number of carbonyl (C=O) groups excluding carboxylic acids is 2. The highest BCUT2D eigenvalue weighted by atomic mass is 79.9. The molecule has 0 spiro atoms. The van der Waals surface area contributed by atoms with Crippen LogP contribution in [0.15, 0.2) is 51.8 Å². The van der Waals surface area contributed by atoms with Crippen LogP contribution in [0, 0.1) is 5.82 Å². The van der Waals surface area contributed by atoms with Gasteiger partial charge in [0.15, 0.2) is 24.0 Å². The molecule has 0 bridgehead atoms. The molecular weight excluding hydrogens is 479 g/mol. The van der Waals surface area contributed by atoms with Gasteiger partial charge in [-0.15, -0.1) is 0 Å². The Morgan fingerprint density at radius 2 is 1.70 bits per heavy atom. The molecule has 0 aromatic heterocycles. The molecule has 1 heterocycles. The highest BCUT2D eigenvalue weighted by Crippen LogP contribution is 2.22. The van der Waals surface area contributed by atoms with Crippen molar-refractivity contribution in [3.8, 4) is 5.75 Å². The first kappa shape index (κ1) is 22.4. The van der Waals surface area contributed by atoms with Gasteiger partial charge >= 0.3 is 0 Å². The summed E-state index contributed by atoms with van der Waals surface area (Å²) in [4.78, 5) is 25.3. The molecule has 1 fully saturated rings. The fourth-order valence-corrected chi connectivity index (χ4v) is 4.77. The second kappa shape index (κ2) is 9.23. The predicted molar refractivity (Wildman–Crippen MR) is 111 cm³/mol. The van der Waals surface area contributed by atoms with Gasteiger partial charge < -0.3 is 9.64 Å². The smallest absolute Gasteiger partial charge is 0.260 e. The summed E-state index contributed by atoms with van der Waals surface area (Å²) in [6.07, 6.45) is 0. The SMILES string of the molecule is CC(=O)c1ccc(S(=O)(=O)N2CCN(C(=O)COc3ccc(Br)cc3F)CC2)cc1. The zero-order valence-corrected chi connectivity index (χ0v) is 18.6. The van der Waals surface area contributed by atoms with Crippen LogP contribution in [0.25, 0.3) is 0 Å². The van der Waals surface area contributed by atoms with Crippen LogP contribution in [0.2, 0.25) is 0 Å². The zero-order valence-electron chi connectivity index (χ0n) is 16.2. The predicted octanol–water partition coefficient (Wildman–Crippen LogP) is 2.70. The van der Waals surface area contributed by atoms with E-state index < -0.39 is 15.8 Å². The summed E-state index contributed by atoms with van der Waals surface area (Å²) in [6.45, 7) is 1.75. The quantitative estimate of drug-likeness (QED) is 0.571. The number of nitrogens with zero attached hydrogens (tertiary/aromatic N) is 2. The summed E-state index contributed by atoms with van der Waals surface area (Å²) < 4.78 is 46.5. The van der Waals surface area contributed by atoms with Gasteiger partial charge in [-0.05, 0) is 37.3 Å². The van der Waals surface area contributed by atoms with Gasteiger partial charge in [0.2, 0.25) is 10.0 Å². The van der Waals surface area contributed by atoms with Gasteiger partial charge in [-0.1, -0.05) is 28.1 Å². The van der Waals surface area contributed by atoms with Gasteiger partial charge in [0, 0.05) is 36.2 Å². The molecule has 30 heavy (non-hydrogen) atoms. The number of benzene rings is 2. The molecule has 0 radical (unpaired) electrons. The summed E-state index contributed by atoms with van der Waals surface area (Å²) in [5.74, 6) is -1.10. The van der Waals surface area contributed by atoms with Crippen molar-refractivity contribution >= 4 is 37.6 Å². The molecule has 0 unspecified atom stereocenters. The number of ketones is 1. The van der Waals surface area contributed by atoms with E-state index in [4.69, 9.17) is 4.74 Å². The highest BCUT2D eigenvalue weighted by molar-refractivity contribution is 9.10. The fraction of sp³-hybridized carbons (Fsp3) is 0.300. The molecule has 7 nitrogen and oxygen atoms in total. The Morgan fingerprint density at radius 1 is 1.07 bits per heavy atom. The number of halogens is 2. The fourth-order valence-electron chi connectivity index (χ4n) is 3.01. The third kappa shape index (κ3) is 5.05. The van der Waals surface area contributed by atoms with E-state index in [1.54, 1.807) is 6.07 Å². The molecule has 1 aliphatic heterocycles. The van der Waals surface area contributed by atoms with E-state index in [-0.39, 0.29) is 55.1 Å². The average molecular weight is 499 g/mol. The van der Waals surface area contributed by atoms with E-state index in [9.17, 15) is 22.4 Å². The van der Waals surface area contributed by atoms with Crippen molar-refractivity contribution in [3.63, 3.8) is 0 Å². The largest absolute Gasteiger partial charge is 0.481 e. The van der Waals surface area contributed by atoms with Crippen LogP contribution in [0.1, 0.15) is 17.3 Å². The number of piperazine rings is 1. The molecule has 0 atom stereocenters. The minimum atomic E-state index is -3.72. The zero-order chi connectivity index (χ0) is 21.9. The van der Waals surface area contributed by atoms with Gasteiger partial charge in [0.05, 0.1) is 4.90 Å². The molecule has 2 aromatic carbocycles. The molecule has 2 aromatic rings. The van der Waals surface area contributed by atoms with Crippen molar-refractivity contribution in [3.05, 3.63) is 58.3 Å². The molecule has 0 aliphatic carbocycles. The van der Waals surface area contributed by atoms with Gasteiger partial charge in [-0.25, -0.2) is 12.8 Å². The van der Waals surface area contributed by atoms with Crippen LogP contribution < -0.4 is 4.74 Å². The Labute approximate surface area is 182 Å². The van der Waals surface area contributed by atoms with Crippen molar-refractivity contribution in [1.29, 1.82) is 0 Å². The highest BCUT2D eigenvalue weighted by Gasteiger charge is 2.30. The summed E-state index contributed by atoms with van der Waals surface area (Å²) >= 11 is 3.15. The molecule has 1 saturated heterocycles. The minimum Gasteiger partial charge on any atom is -0.481 e. The molecule has 3 rings (SSSR count). The number of amides is 1. The van der Waals surface area contributed by atoms with Gasteiger partial charge in [-0.3, -0.25) is 9.59 Å². The standard InChI is InChI=1S/C20H20BrFN2O5S/c1-14(25)15-2-5-17(6-3-15)30(27,28)24-10-8-23(9-11-24)20(26)13-29-19-7-4-16(21)12-18(19)22/h2-7,12H,8-11,13H2,1H3. The topological polar surface area (TPSA) is 84.0 Å². The van der Waals surface area contributed by atoms with E-state index >= 15 is 0 Å². The lowest BCUT2D eigenvalue weighted by molar-refractivity contribution is -0.134. The van der Waals surface area contributed by atoms with Crippen molar-refractivity contribution in [2.45, 2.75) is 11.8 Å². The Morgan fingerprint density at radius 3 is 2.27 bits per heavy atom. The number of Topliss-reactive ketones (excluding diaryl/α,β-unsaturated/α-hetero) is 1. The lowest BCUT2D eigenvalue weighted by atomic mass is 10.2. The second-order valence-electron chi connectivity index (χ2n) is 6.73. The Hall–Kier alpha value is -2.30. The molecular formula is C20H20BrFN2O5S. The monoisotopic (exact) mass is 498 g/mol. The summed E-state index contributed by atoms with van der Waals surface area (Å²) in [7, 11) is -3.72. The summed E-state index contributed by atoms with van der Waals surface area (Å²) in [5, 5.41) is 0. The van der Waals surface area contributed by atoms with E-state index in [0.717, 1.165) is 0 Å². The Bertz CT molecular complexity index is 1050.